The van der Waals surface area contributed by atoms with Crippen LogP contribution in [0.3, 0.4) is 0 Å². The Labute approximate surface area is 134 Å². The van der Waals surface area contributed by atoms with E-state index in [9.17, 15) is 9.90 Å². The van der Waals surface area contributed by atoms with E-state index in [1.165, 1.54) is 31.3 Å². The Kier molecular flexibility index (Phi) is 3.03. The van der Waals surface area contributed by atoms with E-state index in [0.717, 1.165) is 12.8 Å². The molecule has 4 aliphatic rings. The summed E-state index contributed by atoms with van der Waals surface area (Å²) < 4.78 is 0. The van der Waals surface area contributed by atoms with Crippen molar-refractivity contribution in [3.05, 3.63) is 11.6 Å². The third kappa shape index (κ3) is 1.63. The summed E-state index contributed by atoms with van der Waals surface area (Å²) in [7, 11) is 0. The van der Waals surface area contributed by atoms with Crippen molar-refractivity contribution < 1.29 is 9.90 Å². The molecule has 3 fully saturated rings. The number of ketones is 1. The number of allylic oxidation sites excluding steroid dienone is 2. The molecule has 0 radical (unpaired) electrons. The summed E-state index contributed by atoms with van der Waals surface area (Å²) in [6, 6.07) is 0. The molecular weight excluding hydrogens is 272 g/mol. The van der Waals surface area contributed by atoms with E-state index < -0.39 is 0 Å². The van der Waals surface area contributed by atoms with E-state index in [1.807, 2.05) is 0 Å². The van der Waals surface area contributed by atoms with Crippen LogP contribution in [0.15, 0.2) is 11.6 Å². The molecule has 0 aromatic rings. The molecule has 1 spiro atoms. The Morgan fingerprint density at radius 1 is 1.23 bits per heavy atom. The molecule has 1 N–H and O–H groups in total. The van der Waals surface area contributed by atoms with E-state index in [1.54, 1.807) is 0 Å². The summed E-state index contributed by atoms with van der Waals surface area (Å²) in [4.78, 5) is 13.2. The fourth-order valence-electron chi connectivity index (χ4n) is 7.14. The maximum absolute atomic E-state index is 13.2. The molecule has 2 nitrogen and oxygen atoms in total. The van der Waals surface area contributed by atoms with Gasteiger partial charge in [0.25, 0.3) is 0 Å². The molecule has 2 heteroatoms. The van der Waals surface area contributed by atoms with Gasteiger partial charge in [-0.1, -0.05) is 31.9 Å². The summed E-state index contributed by atoms with van der Waals surface area (Å²) >= 11 is 0. The van der Waals surface area contributed by atoms with Crippen LogP contribution in [0, 0.1) is 34.0 Å². The summed E-state index contributed by atoms with van der Waals surface area (Å²) in [5, 5.41) is 10.0. The maximum Gasteiger partial charge on any atom is 0.143 e. The highest BCUT2D eigenvalue weighted by atomic mass is 16.3. The largest absolute Gasteiger partial charge is 0.396 e. The molecule has 0 saturated heterocycles. The molecule has 2 bridgehead atoms. The summed E-state index contributed by atoms with van der Waals surface area (Å²) in [5.41, 5.74) is 1.50. The molecule has 6 atom stereocenters. The first-order valence-corrected chi connectivity index (χ1v) is 9.19. The summed E-state index contributed by atoms with van der Waals surface area (Å²) in [5.74, 6) is 2.02. The van der Waals surface area contributed by atoms with Crippen LogP contribution in [-0.2, 0) is 4.79 Å². The molecule has 0 aliphatic heterocycles. The molecule has 3 saturated carbocycles. The van der Waals surface area contributed by atoms with Gasteiger partial charge in [0.15, 0.2) is 0 Å². The predicted octanol–water partition coefficient (Wildman–Crippen LogP) is 4.13. The topological polar surface area (TPSA) is 37.3 Å². The van der Waals surface area contributed by atoms with Gasteiger partial charge in [-0.2, -0.15) is 0 Å². The molecule has 0 amide bonds. The van der Waals surface area contributed by atoms with Gasteiger partial charge in [-0.15, -0.1) is 0 Å². The van der Waals surface area contributed by atoms with Crippen molar-refractivity contribution in [2.45, 2.75) is 65.7 Å². The highest BCUT2D eigenvalue weighted by molar-refractivity contribution is 5.89. The SMILES string of the molecule is CC1=C[C@]23C[C@@H]1CC[C@H]2[C@]1(C)CCC[C@](C)(CO)[C@H]1CC3=O. The van der Waals surface area contributed by atoms with Crippen LogP contribution in [0.1, 0.15) is 65.7 Å². The van der Waals surface area contributed by atoms with Gasteiger partial charge in [-0.25, -0.2) is 0 Å². The highest BCUT2D eigenvalue weighted by Gasteiger charge is 2.65. The number of fused-ring (bicyclic) bond motifs is 3. The van der Waals surface area contributed by atoms with E-state index in [4.69, 9.17) is 0 Å². The lowest BCUT2D eigenvalue weighted by molar-refractivity contribution is -0.170. The fourth-order valence-corrected chi connectivity index (χ4v) is 7.14. The van der Waals surface area contributed by atoms with Crippen molar-refractivity contribution in [3.63, 3.8) is 0 Å². The molecule has 0 heterocycles. The standard InChI is InChI=1S/C20H30O2/c1-13-10-20-11-14(13)5-6-15(20)19(3)8-4-7-18(2,12-21)16(19)9-17(20)22/h10,14-16,21H,4-9,11-12H2,1-3H3/t14-,15-,16+,18+,19-,20-/m0/s1. The van der Waals surface area contributed by atoms with Crippen molar-refractivity contribution in [2.24, 2.45) is 34.0 Å². The van der Waals surface area contributed by atoms with Crippen molar-refractivity contribution in [3.8, 4) is 0 Å². The van der Waals surface area contributed by atoms with Crippen molar-refractivity contribution >= 4 is 5.78 Å². The Morgan fingerprint density at radius 3 is 2.73 bits per heavy atom. The van der Waals surface area contributed by atoms with Gasteiger partial charge >= 0.3 is 0 Å². The van der Waals surface area contributed by atoms with Gasteiger partial charge in [0.1, 0.15) is 5.78 Å². The lowest BCUT2D eigenvalue weighted by atomic mass is 9.40. The molecule has 0 aromatic heterocycles. The monoisotopic (exact) mass is 302 g/mol. The van der Waals surface area contributed by atoms with Crippen LogP contribution in [0.5, 0.6) is 0 Å². The predicted molar refractivity (Wildman–Crippen MR) is 87.3 cm³/mol. The number of carbonyl (C=O) groups is 1. The average Bonchev–Trinajstić information content (AvgIpc) is 2.73. The van der Waals surface area contributed by atoms with Gasteiger partial charge in [0.2, 0.25) is 0 Å². The quantitative estimate of drug-likeness (QED) is 0.740. The zero-order valence-electron chi connectivity index (χ0n) is 14.3. The van der Waals surface area contributed by atoms with Crippen molar-refractivity contribution in [1.82, 2.24) is 0 Å². The van der Waals surface area contributed by atoms with Crippen LogP contribution in [0.25, 0.3) is 0 Å². The van der Waals surface area contributed by atoms with Gasteiger partial charge < -0.3 is 5.11 Å². The highest BCUT2D eigenvalue weighted by Crippen LogP contribution is 2.69. The zero-order valence-corrected chi connectivity index (χ0v) is 14.3. The van der Waals surface area contributed by atoms with Crippen molar-refractivity contribution in [1.29, 1.82) is 0 Å². The van der Waals surface area contributed by atoms with Gasteiger partial charge in [-0.3, -0.25) is 4.79 Å². The van der Waals surface area contributed by atoms with E-state index >= 15 is 0 Å². The number of Topliss-reactive ketones (excluding diaryl/α,β-unsaturated/α-hetero) is 1. The minimum Gasteiger partial charge on any atom is -0.396 e. The van der Waals surface area contributed by atoms with E-state index in [2.05, 4.69) is 26.8 Å². The number of hydrogen-bond acceptors (Lipinski definition) is 2. The second kappa shape index (κ2) is 4.47. The Hall–Kier alpha value is -0.630. The van der Waals surface area contributed by atoms with Crippen molar-refractivity contribution in [2.75, 3.05) is 6.61 Å². The first-order valence-electron chi connectivity index (χ1n) is 9.19. The zero-order chi connectivity index (χ0) is 15.8. The van der Waals surface area contributed by atoms with Crippen LogP contribution in [0.4, 0.5) is 0 Å². The van der Waals surface area contributed by atoms with E-state index in [0.29, 0.717) is 30.0 Å². The van der Waals surface area contributed by atoms with Crippen LogP contribution in [0.2, 0.25) is 0 Å². The van der Waals surface area contributed by atoms with Gasteiger partial charge in [0.05, 0.1) is 5.41 Å². The maximum atomic E-state index is 13.2. The first kappa shape index (κ1) is 14.9. The summed E-state index contributed by atoms with van der Waals surface area (Å²) in [6.45, 7) is 7.15. The average molecular weight is 302 g/mol. The van der Waals surface area contributed by atoms with Crippen LogP contribution < -0.4 is 0 Å². The molecule has 4 rings (SSSR count). The van der Waals surface area contributed by atoms with E-state index in [-0.39, 0.29) is 22.9 Å². The molecule has 0 aromatic carbocycles. The number of carbonyl (C=O) groups excluding carboxylic acids is 1. The molecule has 0 unspecified atom stereocenters. The third-order valence-corrected chi connectivity index (χ3v) is 8.31. The first-order chi connectivity index (χ1) is 10.4. The fraction of sp³-hybridized carbons (Fsp3) is 0.850. The van der Waals surface area contributed by atoms with Crippen LogP contribution >= 0.6 is 0 Å². The smallest absolute Gasteiger partial charge is 0.143 e. The second-order valence-corrected chi connectivity index (χ2v) is 9.31. The molecule has 22 heavy (non-hydrogen) atoms. The number of aliphatic hydroxyl groups is 1. The Balaban J connectivity index is 1.81. The van der Waals surface area contributed by atoms with Gasteiger partial charge in [0, 0.05) is 13.0 Å². The molecule has 122 valence electrons. The van der Waals surface area contributed by atoms with Crippen LogP contribution in [-0.4, -0.2) is 17.5 Å². The minimum atomic E-state index is -0.147. The Bertz CT molecular complexity index is 550. The number of aliphatic hydroxyl groups excluding tert-OH is 1. The third-order valence-electron chi connectivity index (χ3n) is 8.31. The molecule has 4 aliphatic carbocycles. The Morgan fingerprint density at radius 2 is 2.00 bits per heavy atom. The minimum absolute atomic E-state index is 0.0571. The lowest BCUT2D eigenvalue weighted by Gasteiger charge is -2.63. The number of hydrogen-bond donors (Lipinski definition) is 1. The van der Waals surface area contributed by atoms with Gasteiger partial charge in [-0.05, 0) is 67.6 Å². The normalized spacial score (nSPS) is 53.7. The summed E-state index contributed by atoms with van der Waals surface area (Å²) in [6.07, 6.45) is 10.2. The lowest BCUT2D eigenvalue weighted by Crippen LogP contribution is -2.60. The molecular formula is C20H30O2. The second-order valence-electron chi connectivity index (χ2n) is 9.31. The number of rotatable bonds is 1.